The maximum Gasteiger partial charge on any atom is 0.236 e. The molecule has 0 saturated heterocycles. The SMILES string of the molecule is CONS(=O)(=O)CCOc1ccc(F)cc1. The molecule has 0 saturated carbocycles. The molecule has 0 aliphatic carbocycles. The number of ether oxygens (including phenoxy) is 1. The summed E-state index contributed by atoms with van der Waals surface area (Å²) in [6.45, 7) is -0.0374. The number of hydrogen-bond donors (Lipinski definition) is 1. The van der Waals surface area contributed by atoms with Crippen LogP contribution in [0.1, 0.15) is 0 Å². The summed E-state index contributed by atoms with van der Waals surface area (Å²) in [6, 6.07) is 5.31. The summed E-state index contributed by atoms with van der Waals surface area (Å²) in [5.74, 6) is -0.201. The minimum absolute atomic E-state index is 0.0374. The number of halogens is 1. The van der Waals surface area contributed by atoms with E-state index in [1.165, 1.54) is 31.4 Å². The molecule has 0 amide bonds. The maximum absolute atomic E-state index is 12.5. The van der Waals surface area contributed by atoms with Crippen LogP contribution in [0, 0.1) is 5.82 Å². The van der Waals surface area contributed by atoms with Crippen LogP contribution in [0.4, 0.5) is 4.39 Å². The number of sulfonamides is 1. The molecular formula is C9H12FNO4S. The van der Waals surface area contributed by atoms with E-state index in [1.54, 1.807) is 0 Å². The van der Waals surface area contributed by atoms with E-state index < -0.39 is 10.0 Å². The number of hydrogen-bond acceptors (Lipinski definition) is 4. The van der Waals surface area contributed by atoms with Crippen molar-refractivity contribution in [3.8, 4) is 5.75 Å². The van der Waals surface area contributed by atoms with Crippen LogP contribution in [0.2, 0.25) is 0 Å². The van der Waals surface area contributed by atoms with Crippen molar-refractivity contribution in [2.45, 2.75) is 0 Å². The lowest BCUT2D eigenvalue weighted by Gasteiger charge is -2.06. The van der Waals surface area contributed by atoms with Gasteiger partial charge in [-0.25, -0.2) is 12.8 Å². The number of nitrogens with one attached hydrogen (secondary N) is 1. The van der Waals surface area contributed by atoms with Crippen molar-refractivity contribution >= 4 is 10.0 Å². The first kappa shape index (κ1) is 12.9. The summed E-state index contributed by atoms with van der Waals surface area (Å²) >= 11 is 0. The van der Waals surface area contributed by atoms with E-state index in [4.69, 9.17) is 4.74 Å². The lowest BCUT2D eigenvalue weighted by atomic mass is 10.3. The smallest absolute Gasteiger partial charge is 0.236 e. The van der Waals surface area contributed by atoms with Gasteiger partial charge in [0.15, 0.2) is 0 Å². The molecular weight excluding hydrogens is 237 g/mol. The Morgan fingerprint density at radius 2 is 1.94 bits per heavy atom. The third-order valence-corrected chi connectivity index (χ3v) is 2.77. The lowest BCUT2D eigenvalue weighted by molar-refractivity contribution is 0.152. The summed E-state index contributed by atoms with van der Waals surface area (Å²) in [4.78, 5) is 6.13. The highest BCUT2D eigenvalue weighted by molar-refractivity contribution is 7.89. The summed E-state index contributed by atoms with van der Waals surface area (Å²) in [6.07, 6.45) is 0. The molecule has 0 aromatic heterocycles. The molecule has 0 unspecified atom stereocenters. The van der Waals surface area contributed by atoms with Gasteiger partial charge >= 0.3 is 0 Å². The highest BCUT2D eigenvalue weighted by Gasteiger charge is 2.09. The zero-order valence-electron chi connectivity index (χ0n) is 8.64. The monoisotopic (exact) mass is 249 g/mol. The van der Waals surface area contributed by atoms with Crippen LogP contribution < -0.4 is 9.62 Å². The van der Waals surface area contributed by atoms with Crippen molar-refractivity contribution in [1.82, 2.24) is 4.89 Å². The van der Waals surface area contributed by atoms with Crippen molar-refractivity contribution in [1.29, 1.82) is 0 Å². The second-order valence-electron chi connectivity index (χ2n) is 2.91. The Balaban J connectivity index is 2.39. The summed E-state index contributed by atoms with van der Waals surface area (Å²) < 4.78 is 39.8. The Bertz CT molecular complexity index is 418. The Morgan fingerprint density at radius 3 is 2.50 bits per heavy atom. The van der Waals surface area contributed by atoms with Crippen LogP contribution in [0.3, 0.4) is 0 Å². The van der Waals surface area contributed by atoms with Gasteiger partial charge in [0, 0.05) is 0 Å². The fourth-order valence-electron chi connectivity index (χ4n) is 0.969. The predicted octanol–water partition coefficient (Wildman–Crippen LogP) is 0.685. The van der Waals surface area contributed by atoms with Crippen molar-refractivity contribution in [3.05, 3.63) is 30.1 Å². The molecule has 1 rings (SSSR count). The summed E-state index contributed by atoms with van der Waals surface area (Å²) in [5.41, 5.74) is 0. The van der Waals surface area contributed by atoms with E-state index in [2.05, 4.69) is 4.84 Å². The van der Waals surface area contributed by atoms with Gasteiger partial charge in [-0.15, -0.1) is 0 Å². The third kappa shape index (κ3) is 4.56. The molecule has 7 heteroatoms. The minimum atomic E-state index is -3.48. The highest BCUT2D eigenvalue weighted by atomic mass is 32.2. The van der Waals surface area contributed by atoms with Gasteiger partial charge in [-0.2, -0.15) is 0 Å². The lowest BCUT2D eigenvalue weighted by Crippen LogP contribution is -2.28. The average Bonchev–Trinajstić information content (AvgIpc) is 2.20. The topological polar surface area (TPSA) is 64.6 Å². The molecule has 1 N–H and O–H groups in total. The second kappa shape index (κ2) is 5.78. The standard InChI is InChI=1S/C9H12FNO4S/c1-14-11-16(12,13)7-6-15-9-4-2-8(10)3-5-9/h2-5,11H,6-7H2,1H3. The van der Waals surface area contributed by atoms with Crippen molar-refractivity contribution in [2.24, 2.45) is 0 Å². The first-order valence-electron chi connectivity index (χ1n) is 4.44. The first-order valence-corrected chi connectivity index (χ1v) is 6.09. The van der Waals surface area contributed by atoms with Gasteiger partial charge in [-0.3, -0.25) is 4.84 Å². The Labute approximate surface area is 93.2 Å². The number of rotatable bonds is 6. The molecule has 0 radical (unpaired) electrons. The molecule has 0 fully saturated rings. The largest absolute Gasteiger partial charge is 0.492 e. The van der Waals surface area contributed by atoms with Crippen LogP contribution >= 0.6 is 0 Å². The Hall–Kier alpha value is -1.18. The van der Waals surface area contributed by atoms with Gasteiger partial charge in [0.1, 0.15) is 23.9 Å². The summed E-state index contributed by atoms with van der Waals surface area (Å²) in [5, 5.41) is 0. The van der Waals surface area contributed by atoms with Crippen LogP contribution in [0.5, 0.6) is 5.75 Å². The molecule has 0 atom stereocenters. The maximum atomic E-state index is 12.5. The first-order chi connectivity index (χ1) is 7.53. The highest BCUT2D eigenvalue weighted by Crippen LogP contribution is 2.10. The van der Waals surface area contributed by atoms with Crippen LogP contribution in [0.25, 0.3) is 0 Å². The second-order valence-corrected chi connectivity index (χ2v) is 4.71. The molecule has 1 aromatic rings. The summed E-state index contributed by atoms with van der Waals surface area (Å²) in [7, 11) is -2.27. The Kier molecular flexibility index (Phi) is 4.66. The molecule has 1 aromatic carbocycles. The van der Waals surface area contributed by atoms with E-state index in [1.807, 2.05) is 4.89 Å². The Morgan fingerprint density at radius 1 is 1.31 bits per heavy atom. The fraction of sp³-hybridized carbons (Fsp3) is 0.333. The van der Waals surface area contributed by atoms with Gasteiger partial charge < -0.3 is 4.74 Å². The fourth-order valence-corrected chi connectivity index (χ4v) is 1.61. The zero-order chi connectivity index (χ0) is 12.0. The van der Waals surface area contributed by atoms with Crippen molar-refractivity contribution < 1.29 is 22.4 Å². The quantitative estimate of drug-likeness (QED) is 0.753. The van der Waals surface area contributed by atoms with E-state index >= 15 is 0 Å². The minimum Gasteiger partial charge on any atom is -0.492 e. The number of benzene rings is 1. The molecule has 0 bridgehead atoms. The van der Waals surface area contributed by atoms with E-state index in [9.17, 15) is 12.8 Å². The molecule has 90 valence electrons. The van der Waals surface area contributed by atoms with Gasteiger partial charge in [-0.1, -0.05) is 4.89 Å². The normalized spacial score (nSPS) is 11.4. The van der Waals surface area contributed by atoms with E-state index in [0.29, 0.717) is 5.75 Å². The molecule has 16 heavy (non-hydrogen) atoms. The molecule has 0 spiro atoms. The van der Waals surface area contributed by atoms with Gasteiger partial charge in [-0.05, 0) is 24.3 Å². The van der Waals surface area contributed by atoms with Gasteiger partial charge in [0.2, 0.25) is 10.0 Å². The van der Waals surface area contributed by atoms with Crippen molar-refractivity contribution in [3.63, 3.8) is 0 Å². The van der Waals surface area contributed by atoms with Crippen LogP contribution in [-0.2, 0) is 14.9 Å². The third-order valence-electron chi connectivity index (χ3n) is 1.64. The van der Waals surface area contributed by atoms with Gasteiger partial charge in [0.05, 0.1) is 7.11 Å². The predicted molar refractivity (Wildman–Crippen MR) is 55.8 cm³/mol. The van der Waals surface area contributed by atoms with E-state index in [0.717, 1.165) is 0 Å². The molecule has 0 aliphatic heterocycles. The molecule has 5 nitrogen and oxygen atoms in total. The van der Waals surface area contributed by atoms with Crippen molar-refractivity contribution in [2.75, 3.05) is 19.5 Å². The molecule has 0 heterocycles. The average molecular weight is 249 g/mol. The van der Waals surface area contributed by atoms with E-state index in [-0.39, 0.29) is 18.2 Å². The van der Waals surface area contributed by atoms with Gasteiger partial charge in [0.25, 0.3) is 0 Å². The van der Waals surface area contributed by atoms with Crippen LogP contribution in [-0.4, -0.2) is 27.9 Å². The molecule has 0 aliphatic rings. The van der Waals surface area contributed by atoms with Crippen LogP contribution in [0.15, 0.2) is 24.3 Å². The zero-order valence-corrected chi connectivity index (χ0v) is 9.46.